The number of ether oxygens (including phenoxy) is 1. The van der Waals surface area contributed by atoms with Gasteiger partial charge in [-0.15, -0.1) is 0 Å². The normalized spacial score (nSPS) is 12.0. The highest BCUT2D eigenvalue weighted by Gasteiger charge is 2.14. The van der Waals surface area contributed by atoms with Gasteiger partial charge >= 0.3 is 6.03 Å². The predicted molar refractivity (Wildman–Crippen MR) is 93.8 cm³/mol. The van der Waals surface area contributed by atoms with Gasteiger partial charge < -0.3 is 20.3 Å². The summed E-state index contributed by atoms with van der Waals surface area (Å²) in [5, 5.41) is 7.84. The Bertz CT molecular complexity index is 496. The van der Waals surface area contributed by atoms with Crippen molar-refractivity contribution in [2.45, 2.75) is 12.5 Å². The molecule has 0 saturated heterocycles. The van der Waals surface area contributed by atoms with Crippen molar-refractivity contribution in [3.8, 4) is 0 Å². The van der Waals surface area contributed by atoms with Crippen LogP contribution in [0, 0.1) is 0 Å². The number of hydrogen-bond acceptors (Lipinski definition) is 5. The van der Waals surface area contributed by atoms with Gasteiger partial charge in [0.15, 0.2) is 0 Å². The summed E-state index contributed by atoms with van der Waals surface area (Å²) in [5.41, 5.74) is 1.12. The monoisotopic (exact) mass is 336 g/mol. The van der Waals surface area contributed by atoms with Crippen LogP contribution in [0.1, 0.15) is 18.0 Å². The van der Waals surface area contributed by atoms with Crippen LogP contribution in [-0.4, -0.2) is 64.3 Å². The lowest BCUT2D eigenvalue weighted by Crippen LogP contribution is -2.43. The van der Waals surface area contributed by atoms with Crippen molar-refractivity contribution < 1.29 is 14.3 Å². The topological polar surface area (TPSA) is 82.7 Å². The maximum atomic E-state index is 11.8. The number of nitrogens with one attached hydrogen (secondary N) is 3. The first kappa shape index (κ1) is 20.1. The van der Waals surface area contributed by atoms with E-state index < -0.39 is 6.03 Å². The molecular weight excluding hydrogens is 308 g/mol. The van der Waals surface area contributed by atoms with Gasteiger partial charge in [-0.1, -0.05) is 30.3 Å². The SMILES string of the molecule is CNC(=O)NC(=O)CNC(CCN(C)CCOC)c1ccccc1. The summed E-state index contributed by atoms with van der Waals surface area (Å²) < 4.78 is 5.08. The Morgan fingerprint density at radius 2 is 1.92 bits per heavy atom. The zero-order valence-electron chi connectivity index (χ0n) is 14.7. The molecule has 24 heavy (non-hydrogen) atoms. The highest BCUT2D eigenvalue weighted by atomic mass is 16.5. The second kappa shape index (κ2) is 11.6. The fourth-order valence-electron chi connectivity index (χ4n) is 2.23. The highest BCUT2D eigenvalue weighted by Crippen LogP contribution is 2.16. The van der Waals surface area contributed by atoms with E-state index in [1.807, 2.05) is 37.4 Å². The summed E-state index contributed by atoms with van der Waals surface area (Å²) in [4.78, 5) is 25.1. The molecular formula is C17H28N4O3. The Morgan fingerprint density at radius 1 is 1.21 bits per heavy atom. The van der Waals surface area contributed by atoms with E-state index in [1.54, 1.807) is 7.11 Å². The van der Waals surface area contributed by atoms with Crippen LogP contribution in [0.15, 0.2) is 30.3 Å². The molecule has 0 spiro atoms. The first-order valence-corrected chi connectivity index (χ1v) is 8.04. The van der Waals surface area contributed by atoms with E-state index in [0.717, 1.165) is 25.1 Å². The molecule has 1 aromatic rings. The summed E-state index contributed by atoms with van der Waals surface area (Å²) >= 11 is 0. The fourth-order valence-corrected chi connectivity index (χ4v) is 2.23. The Kier molecular flexibility index (Phi) is 9.67. The minimum atomic E-state index is -0.502. The molecule has 1 aromatic carbocycles. The van der Waals surface area contributed by atoms with Gasteiger partial charge in [-0.3, -0.25) is 10.1 Å². The van der Waals surface area contributed by atoms with Gasteiger partial charge in [-0.25, -0.2) is 4.79 Å². The quantitative estimate of drug-likeness (QED) is 0.587. The molecule has 7 nitrogen and oxygen atoms in total. The lowest BCUT2D eigenvalue weighted by molar-refractivity contribution is -0.119. The Morgan fingerprint density at radius 3 is 2.54 bits per heavy atom. The van der Waals surface area contributed by atoms with E-state index in [-0.39, 0.29) is 18.5 Å². The average Bonchev–Trinajstić information content (AvgIpc) is 2.60. The molecule has 0 heterocycles. The van der Waals surface area contributed by atoms with Gasteiger partial charge in [-0.2, -0.15) is 0 Å². The molecule has 134 valence electrons. The first-order chi connectivity index (χ1) is 11.6. The number of nitrogens with zero attached hydrogens (tertiary/aromatic N) is 1. The van der Waals surface area contributed by atoms with Gasteiger partial charge in [0.1, 0.15) is 0 Å². The molecule has 0 aliphatic heterocycles. The van der Waals surface area contributed by atoms with Crippen molar-refractivity contribution >= 4 is 11.9 Å². The van der Waals surface area contributed by atoms with Crippen LogP contribution < -0.4 is 16.0 Å². The van der Waals surface area contributed by atoms with E-state index in [0.29, 0.717) is 6.61 Å². The summed E-state index contributed by atoms with van der Waals surface area (Å²) in [5.74, 6) is -0.358. The van der Waals surface area contributed by atoms with Crippen LogP contribution in [-0.2, 0) is 9.53 Å². The molecule has 1 rings (SSSR count). The van der Waals surface area contributed by atoms with Gasteiger partial charge in [0.2, 0.25) is 5.91 Å². The number of imide groups is 1. The minimum absolute atomic E-state index is 0.0339. The molecule has 3 amide bonds. The first-order valence-electron chi connectivity index (χ1n) is 8.04. The van der Waals surface area contributed by atoms with Crippen LogP contribution in [0.3, 0.4) is 0 Å². The summed E-state index contributed by atoms with van der Waals surface area (Å²) in [7, 11) is 5.20. The number of amides is 3. The molecule has 0 aromatic heterocycles. The van der Waals surface area contributed by atoms with Crippen LogP contribution in [0.2, 0.25) is 0 Å². The summed E-state index contributed by atoms with van der Waals surface area (Å²) in [6.45, 7) is 2.49. The summed E-state index contributed by atoms with van der Waals surface area (Å²) in [6, 6.07) is 9.51. The van der Waals surface area contributed by atoms with Crippen molar-refractivity contribution in [3.05, 3.63) is 35.9 Å². The number of likely N-dealkylation sites (N-methyl/N-ethyl adjacent to an activating group) is 1. The minimum Gasteiger partial charge on any atom is -0.383 e. The van der Waals surface area contributed by atoms with Crippen LogP contribution in [0.4, 0.5) is 4.79 Å². The molecule has 0 radical (unpaired) electrons. The zero-order valence-corrected chi connectivity index (χ0v) is 14.7. The molecule has 7 heteroatoms. The third kappa shape index (κ3) is 8.05. The molecule has 0 bridgehead atoms. The Balaban J connectivity index is 2.56. The standard InChI is InChI=1S/C17H28N4O3/c1-18-17(23)20-16(22)13-19-15(14-7-5-4-6-8-14)9-10-21(2)11-12-24-3/h4-8,15,19H,9-13H2,1-3H3,(H2,18,20,22,23). The largest absolute Gasteiger partial charge is 0.383 e. The smallest absolute Gasteiger partial charge is 0.321 e. The molecule has 0 saturated carbocycles. The molecule has 0 fully saturated rings. The lowest BCUT2D eigenvalue weighted by atomic mass is 10.0. The number of carbonyl (C=O) groups excluding carboxylic acids is 2. The number of rotatable bonds is 10. The van der Waals surface area contributed by atoms with Gasteiger partial charge in [-0.05, 0) is 25.6 Å². The van der Waals surface area contributed by atoms with Crippen molar-refractivity contribution in [2.75, 3.05) is 47.4 Å². The lowest BCUT2D eigenvalue weighted by Gasteiger charge is -2.23. The third-order valence-corrected chi connectivity index (χ3v) is 3.67. The van der Waals surface area contributed by atoms with Crippen molar-refractivity contribution in [3.63, 3.8) is 0 Å². The zero-order chi connectivity index (χ0) is 17.8. The number of carbonyl (C=O) groups is 2. The molecule has 3 N–H and O–H groups in total. The molecule has 1 unspecified atom stereocenters. The van der Waals surface area contributed by atoms with Crippen LogP contribution >= 0.6 is 0 Å². The number of urea groups is 1. The van der Waals surface area contributed by atoms with Crippen molar-refractivity contribution in [2.24, 2.45) is 0 Å². The molecule has 0 aliphatic carbocycles. The Hall–Kier alpha value is -1.96. The van der Waals surface area contributed by atoms with Crippen molar-refractivity contribution in [1.29, 1.82) is 0 Å². The van der Waals surface area contributed by atoms with Gasteiger partial charge in [0.05, 0.1) is 13.2 Å². The van der Waals surface area contributed by atoms with Crippen molar-refractivity contribution in [1.82, 2.24) is 20.9 Å². The van der Waals surface area contributed by atoms with Gasteiger partial charge in [0, 0.05) is 26.7 Å². The highest BCUT2D eigenvalue weighted by molar-refractivity contribution is 5.95. The Labute approximate surface area is 143 Å². The average molecular weight is 336 g/mol. The molecule has 1 atom stereocenters. The van der Waals surface area contributed by atoms with Crippen LogP contribution in [0.25, 0.3) is 0 Å². The van der Waals surface area contributed by atoms with E-state index in [1.165, 1.54) is 7.05 Å². The van der Waals surface area contributed by atoms with Crippen LogP contribution in [0.5, 0.6) is 0 Å². The van der Waals surface area contributed by atoms with E-state index in [2.05, 4.69) is 20.9 Å². The number of benzene rings is 1. The second-order valence-electron chi connectivity index (χ2n) is 5.56. The summed E-state index contributed by atoms with van der Waals surface area (Å²) in [6.07, 6.45) is 0.845. The maximum Gasteiger partial charge on any atom is 0.321 e. The fraction of sp³-hybridized carbons (Fsp3) is 0.529. The number of methoxy groups -OCH3 is 1. The second-order valence-corrected chi connectivity index (χ2v) is 5.56. The maximum absolute atomic E-state index is 11.8. The van der Waals surface area contributed by atoms with E-state index >= 15 is 0 Å². The van der Waals surface area contributed by atoms with E-state index in [4.69, 9.17) is 4.74 Å². The number of hydrogen-bond donors (Lipinski definition) is 3. The van der Waals surface area contributed by atoms with E-state index in [9.17, 15) is 9.59 Å². The van der Waals surface area contributed by atoms with Gasteiger partial charge in [0.25, 0.3) is 0 Å². The third-order valence-electron chi connectivity index (χ3n) is 3.67. The molecule has 0 aliphatic rings. The predicted octanol–water partition coefficient (Wildman–Crippen LogP) is 0.741.